The van der Waals surface area contributed by atoms with E-state index in [1.165, 1.54) is 0 Å². The highest BCUT2D eigenvalue weighted by Crippen LogP contribution is 2.26. The van der Waals surface area contributed by atoms with Gasteiger partial charge in [-0.2, -0.15) is 0 Å². The van der Waals surface area contributed by atoms with Gasteiger partial charge < -0.3 is 15.8 Å². The van der Waals surface area contributed by atoms with Crippen LogP contribution in [-0.2, 0) is 0 Å². The van der Waals surface area contributed by atoms with Crippen molar-refractivity contribution in [1.29, 1.82) is 0 Å². The largest absolute Gasteiger partial charge is 0.573 e. The Kier molecular flexibility index (Phi) is 3.53. The first-order valence-corrected chi connectivity index (χ1v) is 4.30. The average molecular weight is 254 g/mol. The lowest BCUT2D eigenvalue weighted by Crippen LogP contribution is -2.20. The summed E-state index contributed by atoms with van der Waals surface area (Å²) in [6.07, 6.45) is -4.83. The first-order chi connectivity index (χ1) is 7.28. The first kappa shape index (κ1) is 12.5. The molecule has 0 saturated heterocycles. The summed E-state index contributed by atoms with van der Waals surface area (Å²) in [6, 6.07) is 2.46. The van der Waals surface area contributed by atoms with Crippen LogP contribution in [0.5, 0.6) is 5.75 Å². The molecular weight excluding hydrogens is 248 g/mol. The van der Waals surface area contributed by atoms with Crippen molar-refractivity contribution in [3.8, 4) is 5.75 Å². The fourth-order valence-corrected chi connectivity index (χ4v) is 1.04. The molecule has 8 heteroatoms. The number of benzene rings is 1. The van der Waals surface area contributed by atoms with Gasteiger partial charge in [-0.3, -0.25) is 0 Å². The standard InChI is InChI=1S/C8H6F4N2OS/c9-5-2-1-4(15-8(10,11)12)3-6(5)14-7(13)16/h1-3H,(H3,13,14,16). The van der Waals surface area contributed by atoms with Crippen LogP contribution in [0.4, 0.5) is 23.2 Å². The highest BCUT2D eigenvalue weighted by molar-refractivity contribution is 7.80. The molecule has 0 saturated carbocycles. The second-order valence-corrected chi connectivity index (χ2v) is 3.12. The molecule has 0 aliphatic carbocycles. The topological polar surface area (TPSA) is 47.3 Å². The molecule has 0 bridgehead atoms. The SMILES string of the molecule is NC(=S)Nc1cc(OC(F)(F)F)ccc1F. The van der Waals surface area contributed by atoms with Gasteiger partial charge in [-0.05, 0) is 24.4 Å². The lowest BCUT2D eigenvalue weighted by atomic mass is 10.3. The third-order valence-electron chi connectivity index (χ3n) is 1.43. The van der Waals surface area contributed by atoms with Crippen molar-refractivity contribution in [2.24, 2.45) is 5.73 Å². The molecular formula is C8H6F4N2OS. The van der Waals surface area contributed by atoms with Gasteiger partial charge in [-0.15, -0.1) is 13.2 Å². The Morgan fingerprint density at radius 1 is 1.38 bits per heavy atom. The zero-order valence-corrected chi connectivity index (χ0v) is 8.45. The fourth-order valence-electron chi connectivity index (χ4n) is 0.930. The summed E-state index contributed by atoms with van der Waals surface area (Å²) >= 11 is 4.43. The van der Waals surface area contributed by atoms with Gasteiger partial charge in [0.1, 0.15) is 11.6 Å². The molecule has 0 spiro atoms. The van der Waals surface area contributed by atoms with E-state index in [2.05, 4.69) is 22.3 Å². The molecule has 1 aromatic carbocycles. The molecule has 0 atom stereocenters. The number of ether oxygens (including phenoxy) is 1. The van der Waals surface area contributed by atoms with Gasteiger partial charge in [-0.1, -0.05) is 0 Å². The minimum Gasteiger partial charge on any atom is -0.406 e. The van der Waals surface area contributed by atoms with E-state index < -0.39 is 17.9 Å². The van der Waals surface area contributed by atoms with Crippen LogP contribution >= 0.6 is 12.2 Å². The molecule has 0 heterocycles. The normalized spacial score (nSPS) is 11.0. The Bertz CT molecular complexity index is 408. The van der Waals surface area contributed by atoms with Gasteiger partial charge in [0.2, 0.25) is 0 Å². The Labute approximate surface area is 93.2 Å². The van der Waals surface area contributed by atoms with Crippen LogP contribution in [0.25, 0.3) is 0 Å². The van der Waals surface area contributed by atoms with Crippen molar-refractivity contribution in [1.82, 2.24) is 0 Å². The van der Waals surface area contributed by atoms with Crippen LogP contribution < -0.4 is 15.8 Å². The lowest BCUT2D eigenvalue weighted by Gasteiger charge is -2.11. The van der Waals surface area contributed by atoms with E-state index in [4.69, 9.17) is 5.73 Å². The van der Waals surface area contributed by atoms with Gasteiger partial charge in [0.05, 0.1) is 5.69 Å². The van der Waals surface area contributed by atoms with Crippen LogP contribution in [0.3, 0.4) is 0 Å². The lowest BCUT2D eigenvalue weighted by molar-refractivity contribution is -0.274. The predicted octanol–water partition coefficient (Wildman–Crippen LogP) is 2.38. The van der Waals surface area contributed by atoms with Gasteiger partial charge in [-0.25, -0.2) is 4.39 Å². The van der Waals surface area contributed by atoms with E-state index in [9.17, 15) is 17.6 Å². The van der Waals surface area contributed by atoms with Crippen LogP contribution in [0.2, 0.25) is 0 Å². The van der Waals surface area contributed by atoms with E-state index in [-0.39, 0.29) is 10.8 Å². The van der Waals surface area contributed by atoms with Crippen LogP contribution in [0, 0.1) is 5.82 Å². The minimum absolute atomic E-state index is 0.261. The van der Waals surface area contributed by atoms with Crippen molar-refractivity contribution >= 4 is 23.0 Å². The summed E-state index contributed by atoms with van der Waals surface area (Å²) in [5.74, 6) is -1.35. The molecule has 0 radical (unpaired) electrons. The summed E-state index contributed by atoms with van der Waals surface area (Å²) in [5, 5.41) is 1.93. The molecule has 3 nitrogen and oxygen atoms in total. The zero-order valence-electron chi connectivity index (χ0n) is 7.64. The van der Waals surface area contributed by atoms with Crippen molar-refractivity contribution in [2.45, 2.75) is 6.36 Å². The van der Waals surface area contributed by atoms with Crippen LogP contribution in [0.1, 0.15) is 0 Å². The van der Waals surface area contributed by atoms with E-state index in [0.717, 1.165) is 18.2 Å². The highest BCUT2D eigenvalue weighted by Gasteiger charge is 2.31. The number of hydrogen-bond acceptors (Lipinski definition) is 2. The fraction of sp³-hybridized carbons (Fsp3) is 0.125. The van der Waals surface area contributed by atoms with Crippen molar-refractivity contribution < 1.29 is 22.3 Å². The molecule has 0 amide bonds. The first-order valence-electron chi connectivity index (χ1n) is 3.90. The zero-order chi connectivity index (χ0) is 12.3. The smallest absolute Gasteiger partial charge is 0.406 e. The predicted molar refractivity (Wildman–Crippen MR) is 53.5 cm³/mol. The molecule has 88 valence electrons. The summed E-state index contributed by atoms with van der Waals surface area (Å²) in [5.41, 5.74) is 4.78. The number of halogens is 4. The number of hydrogen-bond donors (Lipinski definition) is 2. The minimum atomic E-state index is -4.83. The molecule has 1 rings (SSSR count). The van der Waals surface area contributed by atoms with E-state index in [1.807, 2.05) is 0 Å². The van der Waals surface area contributed by atoms with Gasteiger partial charge in [0.25, 0.3) is 0 Å². The average Bonchev–Trinajstić information content (AvgIpc) is 2.07. The molecule has 0 fully saturated rings. The molecule has 0 aromatic heterocycles. The second-order valence-electron chi connectivity index (χ2n) is 2.68. The van der Waals surface area contributed by atoms with Gasteiger partial charge >= 0.3 is 6.36 Å². The van der Waals surface area contributed by atoms with E-state index >= 15 is 0 Å². The van der Waals surface area contributed by atoms with E-state index in [1.54, 1.807) is 0 Å². The van der Waals surface area contributed by atoms with Crippen molar-refractivity contribution in [3.05, 3.63) is 24.0 Å². The monoisotopic (exact) mass is 254 g/mol. The number of nitrogens with one attached hydrogen (secondary N) is 1. The number of thiocarbonyl (C=S) groups is 1. The molecule has 0 aliphatic rings. The Balaban J connectivity index is 2.93. The quantitative estimate of drug-likeness (QED) is 0.628. The maximum Gasteiger partial charge on any atom is 0.573 e. The number of anilines is 1. The van der Waals surface area contributed by atoms with Crippen LogP contribution in [-0.4, -0.2) is 11.5 Å². The molecule has 0 aliphatic heterocycles. The van der Waals surface area contributed by atoms with Gasteiger partial charge in [0, 0.05) is 6.07 Å². The number of alkyl halides is 3. The van der Waals surface area contributed by atoms with Crippen molar-refractivity contribution in [2.75, 3.05) is 5.32 Å². The van der Waals surface area contributed by atoms with Crippen molar-refractivity contribution in [3.63, 3.8) is 0 Å². The maximum absolute atomic E-state index is 13.0. The number of nitrogens with two attached hydrogens (primary N) is 1. The third kappa shape index (κ3) is 3.89. The molecule has 16 heavy (non-hydrogen) atoms. The second kappa shape index (κ2) is 4.52. The summed E-state index contributed by atoms with van der Waals surface area (Å²) in [4.78, 5) is 0. The molecule has 1 aromatic rings. The maximum atomic E-state index is 13.0. The Hall–Kier alpha value is -1.57. The van der Waals surface area contributed by atoms with E-state index in [0.29, 0.717) is 0 Å². The van der Waals surface area contributed by atoms with Crippen LogP contribution in [0.15, 0.2) is 18.2 Å². The molecule has 0 unspecified atom stereocenters. The summed E-state index contributed by atoms with van der Waals surface area (Å²) < 4.78 is 52.2. The highest BCUT2D eigenvalue weighted by atomic mass is 32.1. The Morgan fingerprint density at radius 2 is 2.00 bits per heavy atom. The summed E-state index contributed by atoms with van der Waals surface area (Å²) in [6.45, 7) is 0. The van der Waals surface area contributed by atoms with Gasteiger partial charge in [0.15, 0.2) is 5.11 Å². The summed E-state index contributed by atoms with van der Waals surface area (Å²) in [7, 11) is 0. The Morgan fingerprint density at radius 3 is 2.50 bits per heavy atom. The third-order valence-corrected chi connectivity index (χ3v) is 1.53. The molecule has 3 N–H and O–H groups in total. The number of rotatable bonds is 2.